The summed E-state index contributed by atoms with van der Waals surface area (Å²) in [5.74, 6) is 0.514. The van der Waals surface area contributed by atoms with Crippen LogP contribution in [0.25, 0.3) is 0 Å². The van der Waals surface area contributed by atoms with Crippen molar-refractivity contribution >= 4 is 0 Å². The molecule has 0 amide bonds. The van der Waals surface area contributed by atoms with Crippen molar-refractivity contribution in [2.75, 3.05) is 0 Å². The molecule has 0 unspecified atom stereocenters. The molecule has 0 spiro atoms. The van der Waals surface area contributed by atoms with E-state index in [1.165, 1.54) is 24.5 Å². The summed E-state index contributed by atoms with van der Waals surface area (Å²) >= 11 is 0. The third-order valence-corrected chi connectivity index (χ3v) is 4.24. The van der Waals surface area contributed by atoms with Crippen LogP contribution in [0.1, 0.15) is 42.9 Å². The first-order chi connectivity index (χ1) is 9.72. The van der Waals surface area contributed by atoms with Gasteiger partial charge in [0.1, 0.15) is 5.82 Å². The van der Waals surface area contributed by atoms with Crippen molar-refractivity contribution in [3.8, 4) is 0 Å². The number of hydrogen-bond donors (Lipinski definition) is 1. The van der Waals surface area contributed by atoms with Crippen molar-refractivity contribution in [2.24, 2.45) is 0 Å². The zero-order chi connectivity index (χ0) is 13.9. The summed E-state index contributed by atoms with van der Waals surface area (Å²) < 4.78 is 13.2. The predicted octanol–water partition coefficient (Wildman–Crippen LogP) is 4.42. The molecular weight excluding hydrogens is 249 g/mol. The number of benzene rings is 2. The maximum Gasteiger partial charge on any atom is 0.123 e. The first-order valence-corrected chi connectivity index (χ1v) is 7.29. The molecule has 0 saturated heterocycles. The van der Waals surface area contributed by atoms with Gasteiger partial charge in [-0.05, 0) is 48.9 Å². The number of hydrogen-bond acceptors (Lipinski definition) is 1. The second kappa shape index (κ2) is 5.76. The molecule has 2 aromatic carbocycles. The zero-order valence-electron chi connectivity index (χ0n) is 11.7. The Bertz CT molecular complexity index is 561. The Kier molecular flexibility index (Phi) is 3.83. The smallest absolute Gasteiger partial charge is 0.123 e. The van der Waals surface area contributed by atoms with E-state index >= 15 is 0 Å². The first kappa shape index (κ1) is 13.3. The molecule has 0 radical (unpaired) electrons. The Morgan fingerprint density at radius 1 is 1.05 bits per heavy atom. The van der Waals surface area contributed by atoms with Crippen molar-refractivity contribution in [1.29, 1.82) is 0 Å². The molecule has 1 aliphatic carbocycles. The highest BCUT2D eigenvalue weighted by Crippen LogP contribution is 2.37. The summed E-state index contributed by atoms with van der Waals surface area (Å²) in [6, 6.07) is 18.3. The van der Waals surface area contributed by atoms with E-state index in [0.29, 0.717) is 12.0 Å². The molecule has 1 saturated carbocycles. The summed E-state index contributed by atoms with van der Waals surface area (Å²) in [6.45, 7) is 2.10. The van der Waals surface area contributed by atoms with E-state index < -0.39 is 0 Å². The molecular formula is C18H20FN. The van der Waals surface area contributed by atoms with E-state index in [1.807, 2.05) is 6.07 Å². The van der Waals surface area contributed by atoms with Gasteiger partial charge in [0.2, 0.25) is 0 Å². The van der Waals surface area contributed by atoms with Crippen molar-refractivity contribution in [3.05, 3.63) is 71.5 Å². The Morgan fingerprint density at radius 2 is 1.80 bits per heavy atom. The van der Waals surface area contributed by atoms with Gasteiger partial charge in [-0.15, -0.1) is 0 Å². The Hall–Kier alpha value is -1.67. The molecule has 0 aromatic heterocycles. The van der Waals surface area contributed by atoms with Crippen LogP contribution in [-0.4, -0.2) is 6.04 Å². The Labute approximate surface area is 119 Å². The monoisotopic (exact) mass is 269 g/mol. The lowest BCUT2D eigenvalue weighted by atomic mass is 9.75. The fourth-order valence-electron chi connectivity index (χ4n) is 2.98. The second-order valence-electron chi connectivity index (χ2n) is 5.72. The molecule has 0 aliphatic heterocycles. The molecule has 0 bridgehead atoms. The van der Waals surface area contributed by atoms with Crippen molar-refractivity contribution < 1.29 is 4.39 Å². The fourth-order valence-corrected chi connectivity index (χ4v) is 2.98. The minimum Gasteiger partial charge on any atom is -0.307 e. The number of halogens is 1. The standard InChI is InChI=1S/C18H20FN/c1-13(15-8-5-9-17(19)10-15)20-18-11-16(12-18)14-6-3-2-4-7-14/h2-10,13,16,18,20H,11-12H2,1H3/t13-,16?,18?/m0/s1. The summed E-state index contributed by atoms with van der Waals surface area (Å²) in [7, 11) is 0. The fraction of sp³-hybridized carbons (Fsp3) is 0.333. The van der Waals surface area contributed by atoms with E-state index in [0.717, 1.165) is 5.56 Å². The largest absolute Gasteiger partial charge is 0.307 e. The number of nitrogens with one attached hydrogen (secondary N) is 1. The third-order valence-electron chi connectivity index (χ3n) is 4.24. The van der Waals surface area contributed by atoms with E-state index in [-0.39, 0.29) is 11.9 Å². The van der Waals surface area contributed by atoms with E-state index in [9.17, 15) is 4.39 Å². The highest BCUT2D eigenvalue weighted by molar-refractivity contribution is 5.24. The van der Waals surface area contributed by atoms with Crippen molar-refractivity contribution in [1.82, 2.24) is 5.32 Å². The average Bonchev–Trinajstić information content (AvgIpc) is 2.43. The minimum atomic E-state index is -0.160. The van der Waals surface area contributed by atoms with Gasteiger partial charge < -0.3 is 5.32 Å². The molecule has 1 atom stereocenters. The lowest BCUT2D eigenvalue weighted by Gasteiger charge is -2.38. The molecule has 2 heteroatoms. The maximum atomic E-state index is 13.2. The lowest BCUT2D eigenvalue weighted by molar-refractivity contribution is 0.270. The summed E-state index contributed by atoms with van der Waals surface area (Å²) in [5, 5.41) is 3.59. The summed E-state index contributed by atoms with van der Waals surface area (Å²) in [5.41, 5.74) is 2.46. The van der Waals surface area contributed by atoms with Crippen LogP contribution in [0.5, 0.6) is 0 Å². The van der Waals surface area contributed by atoms with E-state index in [4.69, 9.17) is 0 Å². The molecule has 1 aliphatic rings. The van der Waals surface area contributed by atoms with Crippen LogP contribution < -0.4 is 5.32 Å². The minimum absolute atomic E-state index is 0.160. The van der Waals surface area contributed by atoms with Gasteiger partial charge in [0.05, 0.1) is 0 Å². The molecule has 104 valence electrons. The lowest BCUT2D eigenvalue weighted by Crippen LogP contribution is -2.41. The Balaban J connectivity index is 1.54. The molecule has 20 heavy (non-hydrogen) atoms. The molecule has 3 rings (SSSR count). The quantitative estimate of drug-likeness (QED) is 0.866. The highest BCUT2D eigenvalue weighted by atomic mass is 19.1. The summed E-state index contributed by atoms with van der Waals surface area (Å²) in [6.07, 6.45) is 2.34. The molecule has 2 aromatic rings. The normalized spacial score (nSPS) is 23.1. The van der Waals surface area contributed by atoms with E-state index in [1.54, 1.807) is 12.1 Å². The van der Waals surface area contributed by atoms with Gasteiger partial charge in [-0.25, -0.2) is 4.39 Å². The Morgan fingerprint density at radius 3 is 2.50 bits per heavy atom. The van der Waals surface area contributed by atoms with Gasteiger partial charge >= 0.3 is 0 Å². The van der Waals surface area contributed by atoms with Crippen LogP contribution in [0.2, 0.25) is 0 Å². The molecule has 1 nitrogen and oxygen atoms in total. The van der Waals surface area contributed by atoms with Crippen LogP contribution in [0.15, 0.2) is 54.6 Å². The van der Waals surface area contributed by atoms with Crippen LogP contribution >= 0.6 is 0 Å². The van der Waals surface area contributed by atoms with Gasteiger partial charge in [0, 0.05) is 12.1 Å². The van der Waals surface area contributed by atoms with Gasteiger partial charge in [0.15, 0.2) is 0 Å². The van der Waals surface area contributed by atoms with Crippen LogP contribution in [0.3, 0.4) is 0 Å². The van der Waals surface area contributed by atoms with E-state index in [2.05, 4.69) is 42.6 Å². The van der Waals surface area contributed by atoms with Gasteiger partial charge in [-0.3, -0.25) is 0 Å². The highest BCUT2D eigenvalue weighted by Gasteiger charge is 2.30. The third kappa shape index (κ3) is 2.91. The van der Waals surface area contributed by atoms with Gasteiger partial charge in [-0.1, -0.05) is 42.5 Å². The second-order valence-corrected chi connectivity index (χ2v) is 5.72. The SMILES string of the molecule is C[C@H](NC1CC(c2ccccc2)C1)c1cccc(F)c1. The van der Waals surface area contributed by atoms with Crippen molar-refractivity contribution in [2.45, 2.75) is 37.8 Å². The molecule has 1 fully saturated rings. The average molecular weight is 269 g/mol. The topological polar surface area (TPSA) is 12.0 Å². The maximum absolute atomic E-state index is 13.2. The molecule has 0 heterocycles. The first-order valence-electron chi connectivity index (χ1n) is 7.29. The molecule has 1 N–H and O–H groups in total. The van der Waals surface area contributed by atoms with Crippen LogP contribution in [-0.2, 0) is 0 Å². The van der Waals surface area contributed by atoms with Gasteiger partial charge in [-0.2, -0.15) is 0 Å². The summed E-state index contributed by atoms with van der Waals surface area (Å²) in [4.78, 5) is 0. The number of rotatable bonds is 4. The predicted molar refractivity (Wildman–Crippen MR) is 80.2 cm³/mol. The van der Waals surface area contributed by atoms with Crippen LogP contribution in [0, 0.1) is 5.82 Å². The van der Waals surface area contributed by atoms with Crippen LogP contribution in [0.4, 0.5) is 4.39 Å². The van der Waals surface area contributed by atoms with Crippen molar-refractivity contribution in [3.63, 3.8) is 0 Å². The zero-order valence-corrected chi connectivity index (χ0v) is 11.7. The van der Waals surface area contributed by atoms with Gasteiger partial charge in [0.25, 0.3) is 0 Å².